The number of ether oxygens (including phenoxy) is 1. The van der Waals surface area contributed by atoms with Crippen molar-refractivity contribution < 1.29 is 28.6 Å². The summed E-state index contributed by atoms with van der Waals surface area (Å²) < 4.78 is 19.7. The number of nitrogens with zero attached hydrogens (tertiary/aromatic N) is 1. The van der Waals surface area contributed by atoms with Crippen molar-refractivity contribution in [3.8, 4) is 5.75 Å². The van der Waals surface area contributed by atoms with Gasteiger partial charge in [0.05, 0.1) is 6.04 Å². The van der Waals surface area contributed by atoms with Crippen LogP contribution in [-0.4, -0.2) is 72.1 Å². The minimum absolute atomic E-state index is 0.175. The van der Waals surface area contributed by atoms with Crippen LogP contribution in [0.2, 0.25) is 0 Å². The number of likely N-dealkylation sites (N-methyl/N-ethyl adjacent to an activating group) is 1. The van der Waals surface area contributed by atoms with E-state index in [-0.39, 0.29) is 23.5 Å². The van der Waals surface area contributed by atoms with Crippen LogP contribution in [-0.2, 0) is 20.8 Å². The number of amides is 3. The first-order valence-electron chi connectivity index (χ1n) is 13.9. The van der Waals surface area contributed by atoms with Crippen LogP contribution in [0, 0.1) is 11.7 Å². The molecule has 2 aromatic rings. The molecule has 40 heavy (non-hydrogen) atoms. The number of aryl methyl sites for hydroxylation is 1. The largest absolute Gasteiger partial charge is 0.489 e. The molecular formula is C30H39FN4O5. The monoisotopic (exact) mass is 554 g/mol. The number of halogens is 1. The predicted octanol–water partition coefficient (Wildman–Crippen LogP) is 2.09. The summed E-state index contributed by atoms with van der Waals surface area (Å²) in [6.07, 6.45) is 1.44. The van der Waals surface area contributed by atoms with Gasteiger partial charge in [-0.15, -0.1) is 0 Å². The quantitative estimate of drug-likeness (QED) is 0.461. The third-order valence-corrected chi connectivity index (χ3v) is 7.62. The number of aliphatic hydroxyl groups is 1. The van der Waals surface area contributed by atoms with Gasteiger partial charge in [0.2, 0.25) is 17.7 Å². The summed E-state index contributed by atoms with van der Waals surface area (Å²) in [4.78, 5) is 41.4. The molecule has 10 heteroatoms. The van der Waals surface area contributed by atoms with E-state index in [1.807, 2.05) is 31.2 Å². The summed E-state index contributed by atoms with van der Waals surface area (Å²) in [6, 6.07) is 10.1. The van der Waals surface area contributed by atoms with Gasteiger partial charge < -0.3 is 30.7 Å². The standard InChI is InChI=1S/C30H39FN4O5/c1-18-17-33-25(21-10-11-21)30(39)35(3)19(2)28(37)34-26(27(36)22-12-14-23(31)15-13-22)29(38)32-16-6-8-20-7-4-5-9-24(20)40-18/h4-5,7,9,12-15,18-19,21,25-27,33,36H,6,8,10-11,16-17H2,1-3H3,(H,32,38)(H,34,37)/t18-,19-,25+,26-,27+/m1/s1. The maximum absolute atomic E-state index is 13.5. The fourth-order valence-corrected chi connectivity index (χ4v) is 4.86. The van der Waals surface area contributed by atoms with E-state index in [0.717, 1.165) is 24.2 Å². The Morgan fingerprint density at radius 3 is 2.42 bits per heavy atom. The summed E-state index contributed by atoms with van der Waals surface area (Å²) in [5, 5.41) is 19.9. The van der Waals surface area contributed by atoms with Crippen molar-refractivity contribution in [2.45, 2.75) is 69.9 Å². The number of benzene rings is 2. The molecule has 1 heterocycles. The molecular weight excluding hydrogens is 515 g/mol. The Morgan fingerprint density at radius 1 is 1.02 bits per heavy atom. The van der Waals surface area contributed by atoms with Crippen LogP contribution in [0.1, 0.15) is 50.3 Å². The Bertz CT molecular complexity index is 1190. The highest BCUT2D eigenvalue weighted by Crippen LogP contribution is 2.34. The maximum atomic E-state index is 13.5. The van der Waals surface area contributed by atoms with Crippen LogP contribution in [0.15, 0.2) is 48.5 Å². The summed E-state index contributed by atoms with van der Waals surface area (Å²) in [5.41, 5.74) is 1.27. The van der Waals surface area contributed by atoms with E-state index in [4.69, 9.17) is 4.74 Å². The average molecular weight is 555 g/mol. The van der Waals surface area contributed by atoms with E-state index in [1.54, 1.807) is 14.0 Å². The molecule has 4 rings (SSSR count). The highest BCUT2D eigenvalue weighted by atomic mass is 19.1. The van der Waals surface area contributed by atoms with Crippen LogP contribution in [0.3, 0.4) is 0 Å². The minimum atomic E-state index is -1.43. The lowest BCUT2D eigenvalue weighted by Crippen LogP contribution is -2.57. The summed E-state index contributed by atoms with van der Waals surface area (Å²) in [5.74, 6) is -0.948. The lowest BCUT2D eigenvalue weighted by molar-refractivity contribution is -0.142. The molecule has 9 nitrogen and oxygen atoms in total. The zero-order valence-corrected chi connectivity index (χ0v) is 23.2. The molecule has 216 valence electrons. The number of fused-ring (bicyclic) bond motifs is 1. The van der Waals surface area contributed by atoms with Crippen molar-refractivity contribution >= 4 is 17.7 Å². The molecule has 1 saturated carbocycles. The smallest absolute Gasteiger partial charge is 0.245 e. The van der Waals surface area contributed by atoms with Gasteiger partial charge in [-0.1, -0.05) is 30.3 Å². The molecule has 2 aromatic carbocycles. The Morgan fingerprint density at radius 2 is 1.73 bits per heavy atom. The van der Waals surface area contributed by atoms with Crippen LogP contribution in [0.25, 0.3) is 0 Å². The van der Waals surface area contributed by atoms with Gasteiger partial charge in [-0.3, -0.25) is 14.4 Å². The van der Waals surface area contributed by atoms with Crippen LogP contribution >= 0.6 is 0 Å². The van der Waals surface area contributed by atoms with E-state index in [0.29, 0.717) is 25.9 Å². The van der Waals surface area contributed by atoms with Gasteiger partial charge in [0.15, 0.2) is 0 Å². The molecule has 1 aliphatic heterocycles. The zero-order valence-electron chi connectivity index (χ0n) is 23.2. The second-order valence-corrected chi connectivity index (χ2v) is 10.8. The average Bonchev–Trinajstić information content (AvgIpc) is 3.78. The summed E-state index contributed by atoms with van der Waals surface area (Å²) in [6.45, 7) is 4.28. The van der Waals surface area contributed by atoms with Crippen molar-refractivity contribution in [3.05, 3.63) is 65.5 Å². The molecule has 5 atom stereocenters. The fraction of sp³-hybridized carbons (Fsp3) is 0.500. The number of hydrogen-bond donors (Lipinski definition) is 4. The summed E-state index contributed by atoms with van der Waals surface area (Å²) in [7, 11) is 1.56. The first kappa shape index (κ1) is 29.5. The van der Waals surface area contributed by atoms with Gasteiger partial charge in [-0.25, -0.2) is 4.39 Å². The molecule has 3 amide bonds. The lowest BCUT2D eigenvalue weighted by Gasteiger charge is -2.31. The van der Waals surface area contributed by atoms with Crippen molar-refractivity contribution in [2.24, 2.45) is 5.92 Å². The first-order valence-corrected chi connectivity index (χ1v) is 13.9. The molecule has 2 aliphatic rings. The van der Waals surface area contributed by atoms with Crippen molar-refractivity contribution in [2.75, 3.05) is 20.1 Å². The van der Waals surface area contributed by atoms with Gasteiger partial charge in [-0.05, 0) is 74.8 Å². The van der Waals surface area contributed by atoms with Crippen molar-refractivity contribution in [3.63, 3.8) is 0 Å². The van der Waals surface area contributed by atoms with Gasteiger partial charge in [0.25, 0.3) is 0 Å². The molecule has 1 aliphatic carbocycles. The number of nitrogens with one attached hydrogen (secondary N) is 3. The van der Waals surface area contributed by atoms with Crippen molar-refractivity contribution in [1.82, 2.24) is 20.9 Å². The van der Waals surface area contributed by atoms with Gasteiger partial charge >= 0.3 is 0 Å². The van der Waals surface area contributed by atoms with Crippen molar-refractivity contribution in [1.29, 1.82) is 0 Å². The molecule has 1 fully saturated rings. The highest BCUT2D eigenvalue weighted by molar-refractivity contribution is 5.93. The maximum Gasteiger partial charge on any atom is 0.245 e. The Hall–Kier alpha value is -3.50. The number of aliphatic hydroxyl groups excluding tert-OH is 1. The third kappa shape index (κ3) is 7.37. The first-order chi connectivity index (χ1) is 19.2. The number of carbonyl (C=O) groups excluding carboxylic acids is 3. The number of para-hydroxylation sites is 1. The topological polar surface area (TPSA) is 120 Å². The minimum Gasteiger partial charge on any atom is -0.489 e. The molecule has 0 aromatic heterocycles. The highest BCUT2D eigenvalue weighted by Gasteiger charge is 2.40. The predicted molar refractivity (Wildman–Crippen MR) is 148 cm³/mol. The fourth-order valence-electron chi connectivity index (χ4n) is 4.86. The Kier molecular flexibility index (Phi) is 9.76. The normalized spacial score (nSPS) is 26.4. The molecule has 0 saturated heterocycles. The molecule has 0 radical (unpaired) electrons. The second kappa shape index (κ2) is 13.2. The van der Waals surface area contributed by atoms with Crippen LogP contribution in [0.5, 0.6) is 5.75 Å². The van der Waals surface area contributed by atoms with Crippen LogP contribution in [0.4, 0.5) is 4.39 Å². The molecule has 0 unspecified atom stereocenters. The van der Waals surface area contributed by atoms with E-state index < -0.39 is 41.9 Å². The van der Waals surface area contributed by atoms with Gasteiger partial charge in [0.1, 0.15) is 35.9 Å². The third-order valence-electron chi connectivity index (χ3n) is 7.62. The van der Waals surface area contributed by atoms with Crippen LogP contribution < -0.4 is 20.7 Å². The van der Waals surface area contributed by atoms with Gasteiger partial charge in [-0.2, -0.15) is 0 Å². The number of carbonyl (C=O) groups is 3. The lowest BCUT2D eigenvalue weighted by atomic mass is 10.0. The number of hydrogen-bond acceptors (Lipinski definition) is 6. The summed E-state index contributed by atoms with van der Waals surface area (Å²) >= 11 is 0. The zero-order chi connectivity index (χ0) is 28.8. The second-order valence-electron chi connectivity index (χ2n) is 10.8. The Labute approximate surface area is 234 Å². The number of rotatable bonds is 3. The SMILES string of the molecule is C[C@@H]1CN[C@@H](C2CC2)C(=O)N(C)[C@H](C)C(=O)N[C@H]([C@@H](O)c2ccc(F)cc2)C(=O)NCCCc2ccccc2O1. The van der Waals surface area contributed by atoms with E-state index in [1.165, 1.54) is 29.2 Å². The molecule has 0 bridgehead atoms. The van der Waals surface area contributed by atoms with E-state index in [2.05, 4.69) is 16.0 Å². The Balaban J connectivity index is 1.59. The van der Waals surface area contributed by atoms with E-state index in [9.17, 15) is 23.9 Å². The van der Waals surface area contributed by atoms with E-state index >= 15 is 0 Å². The van der Waals surface area contributed by atoms with Gasteiger partial charge in [0, 0.05) is 20.1 Å². The molecule has 0 spiro atoms. The molecule has 4 N–H and O–H groups in total.